The molecule has 0 atom stereocenters. The Bertz CT molecular complexity index is 416. The molecule has 0 rings (SSSR count). The van der Waals surface area contributed by atoms with Gasteiger partial charge in [-0.1, -0.05) is 0 Å². The van der Waals surface area contributed by atoms with Gasteiger partial charge in [0.2, 0.25) is 0 Å². The molecule has 0 saturated heterocycles. The van der Waals surface area contributed by atoms with Crippen LogP contribution in [0.2, 0.25) is 0 Å². The van der Waals surface area contributed by atoms with Crippen molar-refractivity contribution in [3.63, 3.8) is 0 Å². The zero-order valence-corrected chi connectivity index (χ0v) is 14.9. The number of esters is 2. The van der Waals surface area contributed by atoms with Crippen LogP contribution in [0, 0.1) is 5.41 Å². The van der Waals surface area contributed by atoms with E-state index in [-0.39, 0.29) is 6.42 Å². The van der Waals surface area contributed by atoms with Gasteiger partial charge in [-0.15, -0.1) is 0 Å². The van der Waals surface area contributed by atoms with Gasteiger partial charge in [0.05, 0.1) is 0 Å². The van der Waals surface area contributed by atoms with Crippen molar-refractivity contribution in [2.75, 3.05) is 6.54 Å². The smallest absolute Gasteiger partial charge is 0.335 e. The summed E-state index contributed by atoms with van der Waals surface area (Å²) in [5, 5.41) is 9.62. The molecule has 0 bridgehead atoms. The molecule has 0 heterocycles. The van der Waals surface area contributed by atoms with Crippen molar-refractivity contribution in [1.29, 1.82) is 0 Å². The standard InChI is InChI=1S/C16H29NO6/c1-14(2,3)22-12(20)16(11(18)19,9-7-8-10-17)13(21)23-15(4,5)6/h7-10,17H2,1-6H3,(H,18,19). The highest BCUT2D eigenvalue weighted by Crippen LogP contribution is 2.32. The van der Waals surface area contributed by atoms with Crippen LogP contribution in [-0.2, 0) is 23.9 Å². The first-order valence-corrected chi connectivity index (χ1v) is 7.66. The van der Waals surface area contributed by atoms with Gasteiger partial charge in [-0.2, -0.15) is 0 Å². The number of carboxylic acid groups (broad SMARTS) is 1. The monoisotopic (exact) mass is 331 g/mol. The highest BCUT2D eigenvalue weighted by molar-refractivity contribution is 6.17. The molecule has 0 saturated carbocycles. The molecule has 7 nitrogen and oxygen atoms in total. The minimum absolute atomic E-state index is 0.219. The van der Waals surface area contributed by atoms with Crippen molar-refractivity contribution in [3.05, 3.63) is 0 Å². The molecule has 0 aromatic rings. The Morgan fingerprint density at radius 2 is 1.26 bits per heavy atom. The molecule has 0 fully saturated rings. The van der Waals surface area contributed by atoms with Gasteiger partial charge in [0.15, 0.2) is 0 Å². The fraction of sp³-hybridized carbons (Fsp3) is 0.812. The molecule has 0 radical (unpaired) electrons. The molecular formula is C16H29NO6. The summed E-state index contributed by atoms with van der Waals surface area (Å²) in [6.07, 6.45) is 0.561. The molecule has 23 heavy (non-hydrogen) atoms. The molecule has 0 aromatic heterocycles. The summed E-state index contributed by atoms with van der Waals surface area (Å²) < 4.78 is 10.4. The van der Waals surface area contributed by atoms with E-state index in [1.54, 1.807) is 41.5 Å². The molecule has 7 heteroatoms. The molecule has 134 valence electrons. The van der Waals surface area contributed by atoms with E-state index in [0.29, 0.717) is 19.4 Å². The highest BCUT2D eigenvalue weighted by Gasteiger charge is 2.57. The number of nitrogens with two attached hydrogens (primary N) is 1. The third-order valence-electron chi connectivity index (χ3n) is 2.87. The average molecular weight is 331 g/mol. The van der Waals surface area contributed by atoms with Gasteiger partial charge >= 0.3 is 17.9 Å². The van der Waals surface area contributed by atoms with Gasteiger partial charge in [-0.3, -0.25) is 14.4 Å². The van der Waals surface area contributed by atoms with E-state index in [1.807, 2.05) is 0 Å². The molecule has 0 amide bonds. The van der Waals surface area contributed by atoms with Crippen LogP contribution >= 0.6 is 0 Å². The van der Waals surface area contributed by atoms with Crippen LogP contribution in [0.1, 0.15) is 60.8 Å². The summed E-state index contributed by atoms with van der Waals surface area (Å²) >= 11 is 0. The first-order chi connectivity index (χ1) is 10.3. The van der Waals surface area contributed by atoms with Crippen molar-refractivity contribution < 1.29 is 29.0 Å². The van der Waals surface area contributed by atoms with E-state index >= 15 is 0 Å². The Kier molecular flexibility index (Phi) is 7.22. The van der Waals surface area contributed by atoms with Gasteiger partial charge in [0.25, 0.3) is 5.41 Å². The molecule has 0 aromatic carbocycles. The van der Waals surface area contributed by atoms with Crippen LogP contribution < -0.4 is 5.73 Å². The van der Waals surface area contributed by atoms with E-state index < -0.39 is 34.5 Å². The summed E-state index contributed by atoms with van der Waals surface area (Å²) in [5.74, 6) is -3.79. The van der Waals surface area contributed by atoms with Crippen LogP contribution in [0.3, 0.4) is 0 Å². The van der Waals surface area contributed by atoms with Crippen molar-refractivity contribution >= 4 is 17.9 Å². The molecule has 0 spiro atoms. The minimum atomic E-state index is -2.38. The number of carbonyl (C=O) groups excluding carboxylic acids is 2. The lowest BCUT2D eigenvalue weighted by Gasteiger charge is -2.32. The van der Waals surface area contributed by atoms with E-state index in [2.05, 4.69) is 0 Å². The first-order valence-electron chi connectivity index (χ1n) is 7.66. The molecular weight excluding hydrogens is 302 g/mol. The predicted molar refractivity (Wildman–Crippen MR) is 84.7 cm³/mol. The molecule has 0 aliphatic rings. The second kappa shape index (κ2) is 7.77. The summed E-state index contributed by atoms with van der Waals surface area (Å²) in [4.78, 5) is 36.9. The zero-order chi connectivity index (χ0) is 18.5. The van der Waals surface area contributed by atoms with Gasteiger partial charge in [-0.05, 0) is 67.3 Å². The minimum Gasteiger partial charge on any atom is -0.480 e. The highest BCUT2D eigenvalue weighted by atomic mass is 16.6. The second-order valence-corrected chi connectivity index (χ2v) is 7.46. The predicted octanol–water partition coefficient (Wildman–Crippen LogP) is 1.87. The number of ether oxygens (including phenoxy) is 2. The van der Waals surface area contributed by atoms with Gasteiger partial charge < -0.3 is 20.3 Å². The number of carboxylic acids is 1. The summed E-state index contributed by atoms with van der Waals surface area (Å²) in [7, 11) is 0. The fourth-order valence-corrected chi connectivity index (χ4v) is 1.83. The number of carbonyl (C=O) groups is 3. The lowest BCUT2D eigenvalue weighted by atomic mass is 9.82. The van der Waals surface area contributed by atoms with Crippen LogP contribution in [-0.4, -0.2) is 40.8 Å². The normalized spacial score (nSPS) is 12.7. The summed E-state index contributed by atoms with van der Waals surface area (Å²) in [5.41, 5.74) is 1.18. The molecule has 3 N–H and O–H groups in total. The lowest BCUT2D eigenvalue weighted by molar-refractivity contribution is -0.192. The maximum absolute atomic E-state index is 12.5. The SMILES string of the molecule is CC(C)(C)OC(=O)C(CCCCN)(C(=O)O)C(=O)OC(C)(C)C. The van der Waals surface area contributed by atoms with Gasteiger partial charge in [-0.25, -0.2) is 0 Å². The van der Waals surface area contributed by atoms with Crippen LogP contribution in [0.15, 0.2) is 0 Å². The quantitative estimate of drug-likeness (QED) is 0.415. The third-order valence-corrected chi connectivity index (χ3v) is 2.87. The number of aliphatic carboxylic acids is 1. The Labute approximate surface area is 137 Å². The number of hydrogen-bond acceptors (Lipinski definition) is 6. The number of rotatable bonds is 7. The van der Waals surface area contributed by atoms with Gasteiger partial charge in [0.1, 0.15) is 11.2 Å². The Hall–Kier alpha value is -1.63. The summed E-state index contributed by atoms with van der Waals surface area (Å²) in [6.45, 7) is 9.95. The van der Waals surface area contributed by atoms with Crippen LogP contribution in [0.4, 0.5) is 0 Å². The molecule has 0 aliphatic carbocycles. The van der Waals surface area contributed by atoms with Crippen molar-refractivity contribution in [2.24, 2.45) is 11.1 Å². The molecule has 0 aliphatic heterocycles. The Morgan fingerprint density at radius 3 is 1.52 bits per heavy atom. The average Bonchev–Trinajstić information content (AvgIpc) is 2.29. The van der Waals surface area contributed by atoms with Gasteiger partial charge in [0, 0.05) is 0 Å². The Morgan fingerprint density at radius 1 is 0.870 bits per heavy atom. The van der Waals surface area contributed by atoms with E-state index in [9.17, 15) is 19.5 Å². The van der Waals surface area contributed by atoms with E-state index in [0.717, 1.165) is 0 Å². The fourth-order valence-electron chi connectivity index (χ4n) is 1.83. The maximum atomic E-state index is 12.5. The second-order valence-electron chi connectivity index (χ2n) is 7.46. The summed E-state index contributed by atoms with van der Waals surface area (Å²) in [6, 6.07) is 0. The van der Waals surface area contributed by atoms with Crippen LogP contribution in [0.25, 0.3) is 0 Å². The molecule has 0 unspecified atom stereocenters. The van der Waals surface area contributed by atoms with E-state index in [4.69, 9.17) is 15.2 Å². The van der Waals surface area contributed by atoms with Crippen molar-refractivity contribution in [2.45, 2.75) is 72.0 Å². The van der Waals surface area contributed by atoms with E-state index in [1.165, 1.54) is 0 Å². The lowest BCUT2D eigenvalue weighted by Crippen LogP contribution is -2.51. The third kappa shape index (κ3) is 6.56. The topological polar surface area (TPSA) is 116 Å². The number of unbranched alkanes of at least 4 members (excludes halogenated alkanes) is 1. The van der Waals surface area contributed by atoms with Crippen LogP contribution in [0.5, 0.6) is 0 Å². The Balaban J connectivity index is 5.73. The largest absolute Gasteiger partial charge is 0.480 e. The zero-order valence-electron chi connectivity index (χ0n) is 14.9. The van der Waals surface area contributed by atoms with Crippen molar-refractivity contribution in [3.8, 4) is 0 Å². The number of hydrogen-bond donors (Lipinski definition) is 2. The van der Waals surface area contributed by atoms with Crippen molar-refractivity contribution in [1.82, 2.24) is 0 Å². The first kappa shape index (κ1) is 21.4. The maximum Gasteiger partial charge on any atom is 0.335 e.